The van der Waals surface area contributed by atoms with Gasteiger partial charge in [-0.05, 0) is 43.9 Å². The second kappa shape index (κ2) is 5.64. The quantitative estimate of drug-likeness (QED) is 0.685. The largest absolute Gasteiger partial charge is 0.299 e. The Hall–Kier alpha value is -1.37. The summed E-state index contributed by atoms with van der Waals surface area (Å²) in [6.45, 7) is 9.94. The average Bonchev–Trinajstić information content (AvgIpc) is 2.21. The molecule has 0 aliphatic carbocycles. The van der Waals surface area contributed by atoms with Crippen LogP contribution in [-0.4, -0.2) is 5.78 Å². The maximum Gasteiger partial charge on any atom is 0.137 e. The molecule has 1 aromatic carbocycles. The number of carbonyl (C=O) groups is 1. The van der Waals surface area contributed by atoms with Crippen LogP contribution in [-0.2, 0) is 11.2 Å². The summed E-state index contributed by atoms with van der Waals surface area (Å²) in [7, 11) is 0. The molecule has 1 aromatic rings. The Labute approximate surface area is 98.2 Å². The lowest BCUT2D eigenvalue weighted by Crippen LogP contribution is -2.03. The second-order valence-corrected chi connectivity index (χ2v) is 4.59. The van der Waals surface area contributed by atoms with Crippen LogP contribution in [0.3, 0.4) is 0 Å². The minimum absolute atomic E-state index is 0.297. The van der Waals surface area contributed by atoms with Crippen LogP contribution < -0.4 is 0 Å². The van der Waals surface area contributed by atoms with Gasteiger partial charge in [-0.3, -0.25) is 4.79 Å². The summed E-state index contributed by atoms with van der Waals surface area (Å²) in [6, 6.07) is 6.23. The van der Waals surface area contributed by atoms with Crippen molar-refractivity contribution in [3.63, 3.8) is 0 Å². The first kappa shape index (κ1) is 12.7. The third-order valence-electron chi connectivity index (χ3n) is 2.80. The van der Waals surface area contributed by atoms with E-state index < -0.39 is 0 Å². The van der Waals surface area contributed by atoms with E-state index in [0.717, 1.165) is 17.6 Å². The normalized spacial score (nSPS) is 10.2. The number of ketones is 1. The van der Waals surface area contributed by atoms with Gasteiger partial charge in [0.15, 0.2) is 0 Å². The minimum Gasteiger partial charge on any atom is -0.299 e. The summed E-state index contributed by atoms with van der Waals surface area (Å²) in [4.78, 5) is 11.7. The molecule has 0 radical (unpaired) electrons. The van der Waals surface area contributed by atoms with Gasteiger partial charge >= 0.3 is 0 Å². The molecule has 0 spiro atoms. The molecule has 1 rings (SSSR count). The van der Waals surface area contributed by atoms with Gasteiger partial charge < -0.3 is 0 Å². The Kier molecular flexibility index (Phi) is 4.48. The van der Waals surface area contributed by atoms with E-state index in [9.17, 15) is 4.79 Å². The van der Waals surface area contributed by atoms with E-state index in [1.54, 1.807) is 0 Å². The van der Waals surface area contributed by atoms with Crippen LogP contribution >= 0.6 is 0 Å². The highest BCUT2D eigenvalue weighted by molar-refractivity contribution is 5.81. The molecule has 0 bridgehead atoms. The van der Waals surface area contributed by atoms with Gasteiger partial charge in [-0.15, -0.1) is 6.58 Å². The van der Waals surface area contributed by atoms with Crippen molar-refractivity contribution in [1.82, 2.24) is 0 Å². The number of rotatable bonds is 5. The molecule has 0 N–H and O–H groups in total. The molecule has 0 atom stereocenters. The number of hydrogen-bond donors (Lipinski definition) is 0. The van der Waals surface area contributed by atoms with Gasteiger partial charge in [0.05, 0.1) is 0 Å². The Morgan fingerprint density at radius 1 is 1.19 bits per heavy atom. The zero-order valence-electron chi connectivity index (χ0n) is 10.5. The van der Waals surface area contributed by atoms with E-state index >= 15 is 0 Å². The first-order valence-electron chi connectivity index (χ1n) is 5.71. The highest BCUT2D eigenvalue weighted by Gasteiger charge is 2.04. The molecule has 0 unspecified atom stereocenters. The summed E-state index contributed by atoms with van der Waals surface area (Å²) in [5.74, 6) is 0.297. The van der Waals surface area contributed by atoms with Crippen LogP contribution in [0.15, 0.2) is 30.4 Å². The van der Waals surface area contributed by atoms with Crippen LogP contribution in [0.1, 0.15) is 36.5 Å². The SMILES string of the molecule is C=C(C)CCC(=O)Cc1ccc(C)c(C)c1. The van der Waals surface area contributed by atoms with Crippen molar-refractivity contribution in [2.75, 3.05) is 0 Å². The molecule has 0 saturated heterocycles. The smallest absolute Gasteiger partial charge is 0.137 e. The molecule has 0 amide bonds. The van der Waals surface area contributed by atoms with Gasteiger partial charge in [-0.2, -0.15) is 0 Å². The molecule has 0 aliphatic heterocycles. The van der Waals surface area contributed by atoms with Gasteiger partial charge in [0.1, 0.15) is 5.78 Å². The van der Waals surface area contributed by atoms with E-state index in [-0.39, 0.29) is 0 Å². The predicted octanol–water partition coefficient (Wildman–Crippen LogP) is 3.77. The fourth-order valence-electron chi connectivity index (χ4n) is 1.58. The highest BCUT2D eigenvalue weighted by atomic mass is 16.1. The molecular formula is C15H20O. The number of Topliss-reactive ketones (excluding diaryl/α,β-unsaturated/α-hetero) is 1. The molecule has 0 fully saturated rings. The van der Waals surface area contributed by atoms with Crippen molar-refractivity contribution in [2.45, 2.75) is 40.0 Å². The van der Waals surface area contributed by atoms with Crippen LogP contribution in [0.25, 0.3) is 0 Å². The fourth-order valence-corrected chi connectivity index (χ4v) is 1.58. The van der Waals surface area contributed by atoms with Crippen LogP contribution in [0.4, 0.5) is 0 Å². The van der Waals surface area contributed by atoms with E-state index in [1.165, 1.54) is 11.1 Å². The first-order chi connectivity index (χ1) is 7.49. The summed E-state index contributed by atoms with van der Waals surface area (Å²) < 4.78 is 0. The molecular weight excluding hydrogens is 196 g/mol. The van der Waals surface area contributed by atoms with Gasteiger partial charge in [-0.25, -0.2) is 0 Å². The third kappa shape index (κ3) is 4.01. The topological polar surface area (TPSA) is 17.1 Å². The summed E-state index contributed by atoms with van der Waals surface area (Å²) in [6.07, 6.45) is 1.97. The Morgan fingerprint density at radius 2 is 1.88 bits per heavy atom. The molecule has 0 heterocycles. The van der Waals surface area contributed by atoms with Gasteiger partial charge in [-0.1, -0.05) is 23.8 Å². The lowest BCUT2D eigenvalue weighted by Gasteiger charge is -2.05. The van der Waals surface area contributed by atoms with Gasteiger partial charge in [0, 0.05) is 12.8 Å². The van der Waals surface area contributed by atoms with Crippen molar-refractivity contribution in [1.29, 1.82) is 0 Å². The van der Waals surface area contributed by atoms with Crippen molar-refractivity contribution in [3.05, 3.63) is 47.0 Å². The fraction of sp³-hybridized carbons (Fsp3) is 0.400. The molecule has 86 valence electrons. The maximum absolute atomic E-state index is 11.7. The Balaban J connectivity index is 2.56. The van der Waals surface area contributed by atoms with Gasteiger partial charge in [0.2, 0.25) is 0 Å². The van der Waals surface area contributed by atoms with Crippen molar-refractivity contribution >= 4 is 5.78 Å². The number of aryl methyl sites for hydroxylation is 2. The van der Waals surface area contributed by atoms with E-state index in [2.05, 4.69) is 32.6 Å². The average molecular weight is 216 g/mol. The van der Waals surface area contributed by atoms with E-state index in [4.69, 9.17) is 0 Å². The zero-order chi connectivity index (χ0) is 12.1. The van der Waals surface area contributed by atoms with Crippen LogP contribution in [0, 0.1) is 13.8 Å². The number of benzene rings is 1. The molecule has 16 heavy (non-hydrogen) atoms. The number of allylic oxidation sites excluding steroid dienone is 1. The first-order valence-corrected chi connectivity index (χ1v) is 5.71. The minimum atomic E-state index is 0.297. The lowest BCUT2D eigenvalue weighted by molar-refractivity contribution is -0.118. The second-order valence-electron chi connectivity index (χ2n) is 4.59. The molecule has 1 nitrogen and oxygen atoms in total. The molecule has 1 heteroatoms. The predicted molar refractivity (Wildman–Crippen MR) is 68.7 cm³/mol. The summed E-state index contributed by atoms with van der Waals surface area (Å²) in [5, 5.41) is 0. The Morgan fingerprint density at radius 3 is 2.44 bits per heavy atom. The number of hydrogen-bond acceptors (Lipinski definition) is 1. The molecule has 0 saturated carbocycles. The van der Waals surface area contributed by atoms with Crippen LogP contribution in [0.2, 0.25) is 0 Å². The van der Waals surface area contributed by atoms with Gasteiger partial charge in [0.25, 0.3) is 0 Å². The molecule has 0 aromatic heterocycles. The van der Waals surface area contributed by atoms with Crippen molar-refractivity contribution in [3.8, 4) is 0 Å². The summed E-state index contributed by atoms with van der Waals surface area (Å²) >= 11 is 0. The van der Waals surface area contributed by atoms with E-state index in [0.29, 0.717) is 18.6 Å². The maximum atomic E-state index is 11.7. The lowest BCUT2D eigenvalue weighted by atomic mass is 10.0. The number of carbonyl (C=O) groups excluding carboxylic acids is 1. The molecule has 0 aliphatic rings. The van der Waals surface area contributed by atoms with Crippen molar-refractivity contribution < 1.29 is 4.79 Å². The summed E-state index contributed by atoms with van der Waals surface area (Å²) in [5.41, 5.74) is 4.73. The standard InChI is InChI=1S/C15H20O/c1-11(2)5-8-15(16)10-14-7-6-12(3)13(4)9-14/h6-7,9H,1,5,8,10H2,2-4H3. The third-order valence-corrected chi connectivity index (χ3v) is 2.80. The van der Waals surface area contributed by atoms with Crippen LogP contribution in [0.5, 0.6) is 0 Å². The highest BCUT2D eigenvalue weighted by Crippen LogP contribution is 2.12. The van der Waals surface area contributed by atoms with E-state index in [1.807, 2.05) is 13.0 Å². The monoisotopic (exact) mass is 216 g/mol. The zero-order valence-corrected chi connectivity index (χ0v) is 10.5. The Bertz CT molecular complexity index is 402. The van der Waals surface area contributed by atoms with Crippen molar-refractivity contribution in [2.24, 2.45) is 0 Å².